The normalized spacial score (nSPS) is 11.1. The van der Waals surface area contributed by atoms with Crippen molar-refractivity contribution in [3.8, 4) is 11.5 Å². The molecule has 2 aromatic rings. The second-order valence-electron chi connectivity index (χ2n) is 5.15. The number of halogens is 4. The lowest BCUT2D eigenvalue weighted by Crippen LogP contribution is -2.22. The molecule has 0 fully saturated rings. The van der Waals surface area contributed by atoms with E-state index in [9.17, 15) is 18.0 Å². The first-order valence-electron chi connectivity index (χ1n) is 7.22. The molecule has 1 N–H and O–H groups in total. The average Bonchev–Trinajstić information content (AvgIpc) is 2.52. The SMILES string of the molecule is Cc1ccccc1OCC(=O)Nc1cc(Cl)ccc1OCC(F)(F)F. The van der Waals surface area contributed by atoms with Gasteiger partial charge in [0.1, 0.15) is 11.5 Å². The largest absolute Gasteiger partial charge is 0.483 e. The summed E-state index contributed by atoms with van der Waals surface area (Å²) >= 11 is 5.82. The molecule has 2 rings (SSSR count). The molecule has 0 aliphatic rings. The van der Waals surface area contributed by atoms with Gasteiger partial charge in [-0.2, -0.15) is 13.2 Å². The molecule has 0 atom stereocenters. The fraction of sp³-hybridized carbons (Fsp3) is 0.235. The fourth-order valence-electron chi connectivity index (χ4n) is 1.93. The van der Waals surface area contributed by atoms with Crippen LogP contribution in [0.4, 0.5) is 18.9 Å². The van der Waals surface area contributed by atoms with Crippen LogP contribution in [0.2, 0.25) is 5.02 Å². The molecule has 0 aliphatic carbocycles. The monoisotopic (exact) mass is 373 g/mol. The molecule has 25 heavy (non-hydrogen) atoms. The quantitative estimate of drug-likeness (QED) is 0.804. The van der Waals surface area contributed by atoms with Crippen molar-refractivity contribution in [1.29, 1.82) is 0 Å². The summed E-state index contributed by atoms with van der Waals surface area (Å²) in [5, 5.41) is 2.68. The molecule has 2 aromatic carbocycles. The number of para-hydroxylation sites is 1. The standard InChI is InChI=1S/C17H15ClF3NO3/c1-11-4-2-3-5-14(11)24-9-16(23)22-13-8-12(18)6-7-15(13)25-10-17(19,20)21/h2-8H,9-10H2,1H3,(H,22,23). The number of aryl methyl sites for hydroxylation is 1. The number of carbonyl (C=O) groups excluding carboxylic acids is 1. The van der Waals surface area contributed by atoms with Gasteiger partial charge >= 0.3 is 6.18 Å². The van der Waals surface area contributed by atoms with E-state index >= 15 is 0 Å². The van der Waals surface area contributed by atoms with Crippen LogP contribution >= 0.6 is 11.6 Å². The number of amides is 1. The molecule has 1 amide bonds. The van der Waals surface area contributed by atoms with Crippen LogP contribution in [-0.2, 0) is 4.79 Å². The van der Waals surface area contributed by atoms with Crippen molar-refractivity contribution in [1.82, 2.24) is 0 Å². The van der Waals surface area contributed by atoms with Crippen LogP contribution in [0.1, 0.15) is 5.56 Å². The number of nitrogens with one attached hydrogen (secondary N) is 1. The Balaban J connectivity index is 2.01. The first kappa shape index (κ1) is 18.9. The van der Waals surface area contributed by atoms with Crippen molar-refractivity contribution in [2.45, 2.75) is 13.1 Å². The number of ether oxygens (including phenoxy) is 2. The summed E-state index contributed by atoms with van der Waals surface area (Å²) in [6, 6.07) is 11.1. The smallest absolute Gasteiger partial charge is 0.422 e. The number of rotatable bonds is 6. The minimum absolute atomic E-state index is 0.0372. The van der Waals surface area contributed by atoms with E-state index in [1.165, 1.54) is 18.2 Å². The predicted octanol–water partition coefficient (Wildman–Crippen LogP) is 4.61. The van der Waals surface area contributed by atoms with Crippen molar-refractivity contribution in [2.75, 3.05) is 18.5 Å². The van der Waals surface area contributed by atoms with Crippen LogP contribution in [0.5, 0.6) is 11.5 Å². The Kier molecular flexibility index (Phi) is 6.14. The second-order valence-corrected chi connectivity index (χ2v) is 5.58. The summed E-state index contributed by atoms with van der Waals surface area (Å²) in [5.74, 6) is -0.148. The number of hydrogen-bond donors (Lipinski definition) is 1. The third-order valence-corrected chi connectivity index (χ3v) is 3.29. The lowest BCUT2D eigenvalue weighted by Gasteiger charge is -2.15. The zero-order valence-electron chi connectivity index (χ0n) is 13.2. The van der Waals surface area contributed by atoms with Gasteiger partial charge < -0.3 is 14.8 Å². The van der Waals surface area contributed by atoms with Crippen LogP contribution in [-0.4, -0.2) is 25.3 Å². The van der Waals surface area contributed by atoms with Gasteiger partial charge in [0, 0.05) is 5.02 Å². The predicted molar refractivity (Wildman–Crippen MR) is 88.3 cm³/mol. The first-order valence-corrected chi connectivity index (χ1v) is 7.60. The number of alkyl halides is 3. The van der Waals surface area contributed by atoms with E-state index in [0.29, 0.717) is 5.75 Å². The van der Waals surface area contributed by atoms with E-state index < -0.39 is 18.7 Å². The van der Waals surface area contributed by atoms with Crippen LogP contribution in [0, 0.1) is 6.92 Å². The average molecular weight is 374 g/mol. The van der Waals surface area contributed by atoms with E-state index in [4.69, 9.17) is 21.1 Å². The van der Waals surface area contributed by atoms with Crippen molar-refractivity contribution in [3.63, 3.8) is 0 Å². The highest BCUT2D eigenvalue weighted by molar-refractivity contribution is 6.31. The molecule has 0 unspecified atom stereocenters. The van der Waals surface area contributed by atoms with Gasteiger partial charge in [0.25, 0.3) is 5.91 Å². The molecule has 0 saturated carbocycles. The fourth-order valence-corrected chi connectivity index (χ4v) is 2.11. The minimum atomic E-state index is -4.49. The second kappa shape index (κ2) is 8.11. The molecule has 0 aromatic heterocycles. The van der Waals surface area contributed by atoms with Gasteiger partial charge in [-0.05, 0) is 36.8 Å². The third-order valence-electron chi connectivity index (χ3n) is 3.06. The Labute approximate surface area is 147 Å². The summed E-state index contributed by atoms with van der Waals surface area (Å²) < 4.78 is 47.0. The molecule has 0 radical (unpaired) electrons. The van der Waals surface area contributed by atoms with Crippen molar-refractivity contribution >= 4 is 23.2 Å². The molecule has 0 spiro atoms. The van der Waals surface area contributed by atoms with E-state index in [1.54, 1.807) is 12.1 Å². The van der Waals surface area contributed by atoms with Crippen molar-refractivity contribution in [2.24, 2.45) is 0 Å². The molecular weight excluding hydrogens is 359 g/mol. The van der Waals surface area contributed by atoms with Crippen molar-refractivity contribution < 1.29 is 27.4 Å². The molecular formula is C17H15ClF3NO3. The number of benzene rings is 2. The van der Waals surface area contributed by atoms with Gasteiger partial charge in [-0.25, -0.2) is 0 Å². The Morgan fingerprint density at radius 1 is 1.12 bits per heavy atom. The highest BCUT2D eigenvalue weighted by Crippen LogP contribution is 2.29. The lowest BCUT2D eigenvalue weighted by atomic mass is 10.2. The van der Waals surface area contributed by atoms with Crippen LogP contribution < -0.4 is 14.8 Å². The zero-order chi connectivity index (χ0) is 18.4. The highest BCUT2D eigenvalue weighted by Gasteiger charge is 2.29. The Morgan fingerprint density at radius 3 is 2.52 bits per heavy atom. The number of hydrogen-bond acceptors (Lipinski definition) is 3. The first-order chi connectivity index (χ1) is 11.7. The molecule has 0 heterocycles. The van der Waals surface area contributed by atoms with Gasteiger partial charge in [0.15, 0.2) is 13.2 Å². The number of carbonyl (C=O) groups is 1. The Morgan fingerprint density at radius 2 is 1.84 bits per heavy atom. The minimum Gasteiger partial charge on any atom is -0.483 e. The summed E-state index contributed by atoms with van der Waals surface area (Å²) in [6.45, 7) is 0.0422. The van der Waals surface area contributed by atoms with Crippen LogP contribution in [0.25, 0.3) is 0 Å². The van der Waals surface area contributed by atoms with Gasteiger partial charge in [0.2, 0.25) is 0 Å². The Hall–Kier alpha value is -2.41. The van der Waals surface area contributed by atoms with E-state index in [0.717, 1.165) is 5.56 Å². The molecule has 134 valence electrons. The molecule has 8 heteroatoms. The van der Waals surface area contributed by atoms with E-state index in [1.807, 2.05) is 19.1 Å². The molecule has 0 aliphatic heterocycles. The van der Waals surface area contributed by atoms with Gasteiger partial charge in [-0.15, -0.1) is 0 Å². The summed E-state index contributed by atoms with van der Waals surface area (Å²) in [4.78, 5) is 12.0. The molecule has 4 nitrogen and oxygen atoms in total. The Bertz CT molecular complexity index is 750. The third kappa shape index (κ3) is 6.19. The number of anilines is 1. The maximum atomic E-state index is 12.3. The van der Waals surface area contributed by atoms with Crippen LogP contribution in [0.15, 0.2) is 42.5 Å². The van der Waals surface area contributed by atoms with Crippen molar-refractivity contribution in [3.05, 3.63) is 53.1 Å². The maximum Gasteiger partial charge on any atom is 0.422 e. The van der Waals surface area contributed by atoms with Gasteiger partial charge in [0.05, 0.1) is 5.69 Å². The lowest BCUT2D eigenvalue weighted by molar-refractivity contribution is -0.153. The zero-order valence-corrected chi connectivity index (χ0v) is 13.9. The van der Waals surface area contributed by atoms with E-state index in [-0.39, 0.29) is 23.1 Å². The molecule has 0 saturated heterocycles. The van der Waals surface area contributed by atoms with E-state index in [2.05, 4.69) is 5.32 Å². The maximum absolute atomic E-state index is 12.3. The molecule has 0 bridgehead atoms. The summed E-state index contributed by atoms with van der Waals surface area (Å²) in [7, 11) is 0. The van der Waals surface area contributed by atoms with Gasteiger partial charge in [-0.3, -0.25) is 4.79 Å². The topological polar surface area (TPSA) is 47.6 Å². The van der Waals surface area contributed by atoms with Gasteiger partial charge in [-0.1, -0.05) is 29.8 Å². The highest BCUT2D eigenvalue weighted by atomic mass is 35.5. The summed E-state index contributed by atoms with van der Waals surface area (Å²) in [6.07, 6.45) is -4.49. The van der Waals surface area contributed by atoms with Crippen LogP contribution in [0.3, 0.4) is 0 Å². The summed E-state index contributed by atoms with van der Waals surface area (Å²) in [5.41, 5.74) is 0.891.